The zero-order chi connectivity index (χ0) is 20.5. The Labute approximate surface area is 164 Å². The molecule has 0 fully saturated rings. The SMILES string of the molecule is Cc1cc(C)cc(-n2nnc3c(=O)n(CC(=O)Nc4ccccc4F)cnc32)c1. The Hall–Kier alpha value is -3.88. The van der Waals surface area contributed by atoms with Crippen LogP contribution in [0.15, 0.2) is 53.6 Å². The molecule has 146 valence electrons. The van der Waals surface area contributed by atoms with Gasteiger partial charge in [-0.2, -0.15) is 4.68 Å². The van der Waals surface area contributed by atoms with E-state index in [1.807, 2.05) is 32.0 Å². The van der Waals surface area contributed by atoms with Crippen molar-refractivity contribution < 1.29 is 9.18 Å². The van der Waals surface area contributed by atoms with Gasteiger partial charge in [0.2, 0.25) is 5.91 Å². The molecule has 0 aliphatic carbocycles. The number of nitrogens with one attached hydrogen (secondary N) is 1. The molecule has 2 aromatic heterocycles. The van der Waals surface area contributed by atoms with Gasteiger partial charge < -0.3 is 5.32 Å². The molecule has 0 saturated carbocycles. The van der Waals surface area contributed by atoms with Crippen LogP contribution in [0.2, 0.25) is 0 Å². The van der Waals surface area contributed by atoms with Crippen LogP contribution in [0.1, 0.15) is 11.1 Å². The number of carbonyl (C=O) groups excluding carboxylic acids is 1. The molecule has 0 aliphatic rings. The summed E-state index contributed by atoms with van der Waals surface area (Å²) in [5.41, 5.74) is 2.71. The van der Waals surface area contributed by atoms with Crippen molar-refractivity contribution in [2.75, 3.05) is 5.32 Å². The van der Waals surface area contributed by atoms with Crippen molar-refractivity contribution in [3.63, 3.8) is 0 Å². The lowest BCUT2D eigenvalue weighted by Gasteiger charge is -2.08. The maximum Gasteiger partial charge on any atom is 0.284 e. The zero-order valence-corrected chi connectivity index (χ0v) is 15.8. The van der Waals surface area contributed by atoms with Crippen LogP contribution in [0, 0.1) is 19.7 Å². The minimum atomic E-state index is -0.557. The highest BCUT2D eigenvalue weighted by atomic mass is 19.1. The first-order valence-corrected chi connectivity index (χ1v) is 8.86. The first-order valence-electron chi connectivity index (χ1n) is 8.86. The number of anilines is 1. The van der Waals surface area contributed by atoms with Crippen LogP contribution in [0.25, 0.3) is 16.9 Å². The zero-order valence-electron chi connectivity index (χ0n) is 15.8. The van der Waals surface area contributed by atoms with Gasteiger partial charge in [0, 0.05) is 0 Å². The molecule has 4 aromatic rings. The molecule has 29 heavy (non-hydrogen) atoms. The molecule has 4 rings (SSSR count). The minimum Gasteiger partial charge on any atom is -0.322 e. The third-order valence-corrected chi connectivity index (χ3v) is 4.34. The summed E-state index contributed by atoms with van der Waals surface area (Å²) in [6, 6.07) is 11.6. The summed E-state index contributed by atoms with van der Waals surface area (Å²) in [6.45, 7) is 3.60. The highest BCUT2D eigenvalue weighted by molar-refractivity contribution is 5.90. The van der Waals surface area contributed by atoms with Gasteiger partial charge in [0.15, 0.2) is 11.2 Å². The second kappa shape index (κ2) is 7.27. The van der Waals surface area contributed by atoms with Gasteiger partial charge in [-0.25, -0.2) is 9.37 Å². The number of aromatic nitrogens is 5. The number of carbonyl (C=O) groups is 1. The van der Waals surface area contributed by atoms with Gasteiger partial charge in [-0.15, -0.1) is 5.10 Å². The van der Waals surface area contributed by atoms with Crippen molar-refractivity contribution >= 4 is 22.8 Å². The van der Waals surface area contributed by atoms with Crippen molar-refractivity contribution in [3.05, 3.63) is 76.1 Å². The first kappa shape index (κ1) is 18.5. The standard InChI is InChI=1S/C20H17FN6O2/c1-12-7-13(2)9-14(8-12)27-19-18(24-25-27)20(29)26(11-22-19)10-17(28)23-16-6-4-3-5-15(16)21/h3-9,11H,10H2,1-2H3,(H,23,28). The van der Waals surface area contributed by atoms with Crippen LogP contribution in [-0.4, -0.2) is 30.5 Å². The second-order valence-electron chi connectivity index (χ2n) is 6.73. The molecule has 2 heterocycles. The van der Waals surface area contributed by atoms with Crippen LogP contribution in [0.4, 0.5) is 10.1 Å². The minimum absolute atomic E-state index is 0.0420. The van der Waals surface area contributed by atoms with Crippen molar-refractivity contribution in [2.45, 2.75) is 20.4 Å². The predicted octanol–water partition coefficient (Wildman–Crippen LogP) is 2.37. The second-order valence-corrected chi connectivity index (χ2v) is 6.73. The number of amides is 1. The van der Waals surface area contributed by atoms with Crippen LogP contribution in [0.5, 0.6) is 0 Å². The number of rotatable bonds is 4. The monoisotopic (exact) mass is 392 g/mol. The molecule has 9 heteroatoms. The Morgan fingerprint density at radius 2 is 1.86 bits per heavy atom. The van der Waals surface area contributed by atoms with E-state index in [9.17, 15) is 14.0 Å². The van der Waals surface area contributed by atoms with Gasteiger partial charge in [0.05, 0.1) is 11.4 Å². The van der Waals surface area contributed by atoms with Crippen molar-refractivity contribution in [3.8, 4) is 5.69 Å². The largest absolute Gasteiger partial charge is 0.322 e. The van der Waals surface area contributed by atoms with E-state index in [0.717, 1.165) is 21.4 Å². The third kappa shape index (κ3) is 3.62. The van der Waals surface area contributed by atoms with Gasteiger partial charge in [0.25, 0.3) is 5.56 Å². The van der Waals surface area contributed by atoms with Crippen molar-refractivity contribution in [1.82, 2.24) is 24.5 Å². The van der Waals surface area contributed by atoms with Gasteiger partial charge in [-0.3, -0.25) is 14.2 Å². The summed E-state index contributed by atoms with van der Waals surface area (Å²) in [5, 5.41) is 10.4. The van der Waals surface area contributed by atoms with Crippen molar-refractivity contribution in [1.29, 1.82) is 0 Å². The van der Waals surface area contributed by atoms with E-state index in [2.05, 4.69) is 20.6 Å². The summed E-state index contributed by atoms with van der Waals surface area (Å²) in [5.74, 6) is -1.11. The summed E-state index contributed by atoms with van der Waals surface area (Å²) in [4.78, 5) is 29.2. The van der Waals surface area contributed by atoms with E-state index in [1.54, 1.807) is 6.07 Å². The summed E-state index contributed by atoms with van der Waals surface area (Å²) < 4.78 is 16.3. The topological polar surface area (TPSA) is 94.7 Å². The van der Waals surface area contributed by atoms with Gasteiger partial charge in [-0.1, -0.05) is 23.4 Å². The summed E-state index contributed by atoms with van der Waals surface area (Å²) >= 11 is 0. The maximum absolute atomic E-state index is 13.7. The van der Waals surface area contributed by atoms with Crippen LogP contribution >= 0.6 is 0 Å². The average molecular weight is 392 g/mol. The fraction of sp³-hybridized carbons (Fsp3) is 0.150. The Balaban J connectivity index is 1.64. The third-order valence-electron chi connectivity index (χ3n) is 4.34. The van der Waals surface area contributed by atoms with E-state index in [1.165, 1.54) is 29.2 Å². The number of hydrogen-bond donors (Lipinski definition) is 1. The molecule has 1 N–H and O–H groups in total. The summed E-state index contributed by atoms with van der Waals surface area (Å²) in [6.07, 6.45) is 1.26. The van der Waals surface area contributed by atoms with Crippen molar-refractivity contribution in [2.24, 2.45) is 0 Å². The van der Waals surface area contributed by atoms with Crippen LogP contribution in [-0.2, 0) is 11.3 Å². The molecule has 0 atom stereocenters. The number of para-hydroxylation sites is 1. The highest BCUT2D eigenvalue weighted by Crippen LogP contribution is 2.16. The molecule has 0 radical (unpaired) electrons. The van der Waals surface area contributed by atoms with Crippen LogP contribution < -0.4 is 10.9 Å². The molecule has 0 unspecified atom stereocenters. The lowest BCUT2D eigenvalue weighted by molar-refractivity contribution is -0.116. The molecule has 0 spiro atoms. The number of halogens is 1. The molecule has 0 bridgehead atoms. The Morgan fingerprint density at radius 3 is 2.59 bits per heavy atom. The molecule has 0 saturated heterocycles. The Kier molecular flexibility index (Phi) is 4.63. The van der Waals surface area contributed by atoms with Gasteiger partial charge in [0.1, 0.15) is 18.7 Å². The maximum atomic E-state index is 13.7. The van der Waals surface area contributed by atoms with E-state index in [-0.39, 0.29) is 17.7 Å². The van der Waals surface area contributed by atoms with Gasteiger partial charge in [-0.05, 0) is 49.2 Å². The smallest absolute Gasteiger partial charge is 0.284 e. The number of fused-ring (bicyclic) bond motifs is 1. The quantitative estimate of drug-likeness (QED) is 0.575. The molecule has 2 aromatic carbocycles. The lowest BCUT2D eigenvalue weighted by Crippen LogP contribution is -2.28. The van der Waals surface area contributed by atoms with Crippen LogP contribution in [0.3, 0.4) is 0 Å². The number of benzene rings is 2. The van der Waals surface area contributed by atoms with Gasteiger partial charge >= 0.3 is 0 Å². The average Bonchev–Trinajstić information content (AvgIpc) is 3.10. The highest BCUT2D eigenvalue weighted by Gasteiger charge is 2.15. The Morgan fingerprint density at radius 1 is 1.14 bits per heavy atom. The molecule has 8 nitrogen and oxygen atoms in total. The van der Waals surface area contributed by atoms with E-state index in [0.29, 0.717) is 5.65 Å². The fourth-order valence-electron chi connectivity index (χ4n) is 3.11. The lowest BCUT2D eigenvalue weighted by atomic mass is 10.1. The van der Waals surface area contributed by atoms with E-state index < -0.39 is 17.3 Å². The van der Waals surface area contributed by atoms with E-state index in [4.69, 9.17) is 0 Å². The molecule has 1 amide bonds. The molecular weight excluding hydrogens is 375 g/mol. The van der Waals surface area contributed by atoms with E-state index >= 15 is 0 Å². The fourth-order valence-corrected chi connectivity index (χ4v) is 3.11. The Bertz CT molecular complexity index is 1270. The number of nitrogens with zero attached hydrogens (tertiary/aromatic N) is 5. The number of aryl methyl sites for hydroxylation is 2. The first-order chi connectivity index (χ1) is 13.9. The molecular formula is C20H17FN6O2. The molecule has 0 aliphatic heterocycles. The number of hydrogen-bond acceptors (Lipinski definition) is 5. The normalized spacial score (nSPS) is 11.0. The predicted molar refractivity (Wildman–Crippen MR) is 105 cm³/mol. The summed E-state index contributed by atoms with van der Waals surface area (Å²) in [7, 11) is 0.